The summed E-state index contributed by atoms with van der Waals surface area (Å²) in [5.41, 5.74) is 2.41. The molecule has 0 rings (SSSR count). The van der Waals surface area contributed by atoms with Crippen LogP contribution in [0.5, 0.6) is 0 Å². The quantitative estimate of drug-likeness (QED) is 0.575. The van der Waals surface area contributed by atoms with E-state index in [-0.39, 0.29) is 0 Å². The molecule has 0 radical (unpaired) electrons. The Bertz CT molecular complexity index is 201. The molecule has 1 nitrogen and oxygen atoms in total. The van der Waals surface area contributed by atoms with E-state index in [4.69, 9.17) is 0 Å². The summed E-state index contributed by atoms with van der Waals surface area (Å²) in [5, 5.41) is 0. The highest BCUT2D eigenvalue weighted by molar-refractivity contribution is 5.05. The van der Waals surface area contributed by atoms with Gasteiger partial charge in [0.25, 0.3) is 0 Å². The van der Waals surface area contributed by atoms with Crippen molar-refractivity contribution < 1.29 is 0 Å². The summed E-state index contributed by atoms with van der Waals surface area (Å²) in [6.07, 6.45) is 6.10. The zero-order valence-electron chi connectivity index (χ0n) is 10.4. The summed E-state index contributed by atoms with van der Waals surface area (Å²) < 4.78 is 0. The molecule has 14 heavy (non-hydrogen) atoms. The molecule has 0 atom stereocenters. The fourth-order valence-corrected chi connectivity index (χ4v) is 1.28. The van der Waals surface area contributed by atoms with Crippen molar-refractivity contribution in [1.82, 2.24) is 4.90 Å². The first-order valence-electron chi connectivity index (χ1n) is 5.51. The van der Waals surface area contributed by atoms with Gasteiger partial charge in [-0.1, -0.05) is 32.9 Å². The van der Waals surface area contributed by atoms with Gasteiger partial charge in [0, 0.05) is 18.4 Å². The Morgan fingerprint density at radius 2 is 1.93 bits per heavy atom. The van der Waals surface area contributed by atoms with Gasteiger partial charge in [0.05, 0.1) is 0 Å². The molecule has 1 heteroatoms. The van der Waals surface area contributed by atoms with E-state index in [1.165, 1.54) is 25.0 Å². The minimum absolute atomic E-state index is 0.822. The number of rotatable bonds is 6. The van der Waals surface area contributed by atoms with Crippen LogP contribution in [-0.4, -0.2) is 11.9 Å². The maximum absolute atomic E-state index is 3.92. The molecular formula is C13H25N. The summed E-state index contributed by atoms with van der Waals surface area (Å²) in [6.45, 7) is 12.6. The van der Waals surface area contributed by atoms with Crippen molar-refractivity contribution >= 4 is 0 Å². The van der Waals surface area contributed by atoms with Gasteiger partial charge in [0.15, 0.2) is 0 Å². The van der Waals surface area contributed by atoms with E-state index in [1.54, 1.807) is 0 Å². The highest BCUT2D eigenvalue weighted by Crippen LogP contribution is 2.11. The van der Waals surface area contributed by atoms with E-state index in [2.05, 4.69) is 45.4 Å². The smallest absolute Gasteiger partial charge is 0.0111 e. The van der Waals surface area contributed by atoms with Crippen molar-refractivity contribution in [3.05, 3.63) is 24.0 Å². The minimum Gasteiger partial charge on any atom is -0.353 e. The molecule has 0 aromatic carbocycles. The van der Waals surface area contributed by atoms with Crippen molar-refractivity contribution in [2.45, 2.75) is 47.0 Å². The molecule has 0 aromatic heterocycles. The highest BCUT2D eigenvalue weighted by Gasteiger charge is 1.98. The van der Waals surface area contributed by atoms with Crippen LogP contribution in [0.4, 0.5) is 0 Å². The normalized spacial score (nSPS) is 12.0. The SMILES string of the molecule is C=C(C)N(C)/C(C)=C\CCCC(C)C. The van der Waals surface area contributed by atoms with Gasteiger partial charge in [-0.25, -0.2) is 0 Å². The van der Waals surface area contributed by atoms with Crippen molar-refractivity contribution in [3.63, 3.8) is 0 Å². The summed E-state index contributed by atoms with van der Waals surface area (Å²) in [4.78, 5) is 2.13. The van der Waals surface area contributed by atoms with Crippen LogP contribution in [0.2, 0.25) is 0 Å². The monoisotopic (exact) mass is 195 g/mol. The molecule has 82 valence electrons. The molecule has 0 saturated heterocycles. The number of hydrogen-bond donors (Lipinski definition) is 0. The molecule has 0 aliphatic heterocycles. The zero-order chi connectivity index (χ0) is 11.1. The highest BCUT2D eigenvalue weighted by atomic mass is 15.1. The molecule has 0 amide bonds. The second-order valence-corrected chi connectivity index (χ2v) is 4.46. The molecule has 0 saturated carbocycles. The van der Waals surface area contributed by atoms with Gasteiger partial charge in [-0.3, -0.25) is 0 Å². The van der Waals surface area contributed by atoms with Crippen LogP contribution in [-0.2, 0) is 0 Å². The fraction of sp³-hybridized carbons (Fsp3) is 0.692. The van der Waals surface area contributed by atoms with Crippen LogP contribution >= 0.6 is 0 Å². The summed E-state index contributed by atoms with van der Waals surface area (Å²) in [5.74, 6) is 0.822. The third-order valence-electron chi connectivity index (χ3n) is 2.53. The minimum atomic E-state index is 0.822. The molecular weight excluding hydrogens is 170 g/mol. The Balaban J connectivity index is 3.82. The van der Waals surface area contributed by atoms with E-state index in [0.717, 1.165) is 11.6 Å². The maximum atomic E-state index is 3.92. The lowest BCUT2D eigenvalue weighted by atomic mass is 10.1. The van der Waals surface area contributed by atoms with Gasteiger partial charge in [0.1, 0.15) is 0 Å². The summed E-state index contributed by atoms with van der Waals surface area (Å²) in [7, 11) is 2.07. The van der Waals surface area contributed by atoms with E-state index in [0.29, 0.717) is 0 Å². The fourth-order valence-electron chi connectivity index (χ4n) is 1.28. The Hall–Kier alpha value is -0.720. The summed E-state index contributed by atoms with van der Waals surface area (Å²) >= 11 is 0. The number of hydrogen-bond acceptors (Lipinski definition) is 1. The standard InChI is InChI=1S/C13H25N/c1-11(2)9-7-8-10-13(5)14(6)12(3)4/h10-11H,3,7-9H2,1-2,4-6H3/b13-10-. The lowest BCUT2D eigenvalue weighted by Crippen LogP contribution is -2.12. The van der Waals surface area contributed by atoms with E-state index in [1.807, 2.05) is 6.92 Å². The molecule has 0 spiro atoms. The molecule has 0 aliphatic carbocycles. The van der Waals surface area contributed by atoms with Crippen molar-refractivity contribution in [1.29, 1.82) is 0 Å². The molecule has 0 bridgehead atoms. The van der Waals surface area contributed by atoms with Crippen LogP contribution in [0.1, 0.15) is 47.0 Å². The summed E-state index contributed by atoms with van der Waals surface area (Å²) in [6, 6.07) is 0. The van der Waals surface area contributed by atoms with E-state index in [9.17, 15) is 0 Å². The average Bonchev–Trinajstić information content (AvgIpc) is 2.10. The van der Waals surface area contributed by atoms with Crippen LogP contribution in [0, 0.1) is 5.92 Å². The predicted molar refractivity (Wildman–Crippen MR) is 65.0 cm³/mol. The third kappa shape index (κ3) is 5.85. The van der Waals surface area contributed by atoms with E-state index >= 15 is 0 Å². The van der Waals surface area contributed by atoms with Gasteiger partial charge < -0.3 is 4.90 Å². The number of nitrogens with zero attached hydrogens (tertiary/aromatic N) is 1. The predicted octanol–water partition coefficient (Wildman–Crippen LogP) is 4.18. The topological polar surface area (TPSA) is 3.24 Å². The van der Waals surface area contributed by atoms with Crippen LogP contribution in [0.25, 0.3) is 0 Å². The molecule has 0 N–H and O–H groups in total. The lowest BCUT2D eigenvalue weighted by molar-refractivity contribution is 0.514. The molecule has 0 heterocycles. The first-order chi connectivity index (χ1) is 6.45. The Morgan fingerprint density at radius 3 is 2.36 bits per heavy atom. The van der Waals surface area contributed by atoms with Gasteiger partial charge in [-0.2, -0.15) is 0 Å². The maximum Gasteiger partial charge on any atom is 0.0111 e. The van der Waals surface area contributed by atoms with Crippen molar-refractivity contribution in [2.75, 3.05) is 7.05 Å². The first-order valence-corrected chi connectivity index (χ1v) is 5.51. The van der Waals surface area contributed by atoms with Gasteiger partial charge >= 0.3 is 0 Å². The van der Waals surface area contributed by atoms with Crippen LogP contribution in [0.15, 0.2) is 24.0 Å². The number of unbranched alkanes of at least 4 members (excludes halogenated alkanes) is 1. The molecule has 0 unspecified atom stereocenters. The third-order valence-corrected chi connectivity index (χ3v) is 2.53. The van der Waals surface area contributed by atoms with E-state index < -0.39 is 0 Å². The van der Waals surface area contributed by atoms with Gasteiger partial charge in [-0.05, 0) is 32.6 Å². The zero-order valence-corrected chi connectivity index (χ0v) is 10.4. The van der Waals surface area contributed by atoms with Crippen molar-refractivity contribution in [3.8, 4) is 0 Å². The average molecular weight is 195 g/mol. The Morgan fingerprint density at radius 1 is 1.36 bits per heavy atom. The second kappa shape index (κ2) is 6.69. The van der Waals surface area contributed by atoms with Crippen LogP contribution in [0.3, 0.4) is 0 Å². The second-order valence-electron chi connectivity index (χ2n) is 4.46. The Labute approximate surface area is 89.5 Å². The lowest BCUT2D eigenvalue weighted by Gasteiger charge is -2.19. The largest absolute Gasteiger partial charge is 0.353 e. The Kier molecular flexibility index (Phi) is 6.35. The van der Waals surface area contributed by atoms with Crippen molar-refractivity contribution in [2.24, 2.45) is 5.92 Å². The van der Waals surface area contributed by atoms with Gasteiger partial charge in [0.2, 0.25) is 0 Å². The molecule has 0 aliphatic rings. The number of allylic oxidation sites excluding steroid dienone is 3. The van der Waals surface area contributed by atoms with Crippen LogP contribution < -0.4 is 0 Å². The first kappa shape index (κ1) is 13.3. The molecule has 0 aromatic rings. The molecule has 0 fully saturated rings. The van der Waals surface area contributed by atoms with Gasteiger partial charge in [-0.15, -0.1) is 0 Å².